The molecule has 1 atom stereocenters. The number of hydrogen-bond acceptors (Lipinski definition) is 4. The first kappa shape index (κ1) is 17.5. The van der Waals surface area contributed by atoms with Gasteiger partial charge in [-0.15, -0.1) is 0 Å². The van der Waals surface area contributed by atoms with Crippen molar-refractivity contribution < 1.29 is 4.79 Å². The molecule has 1 N–H and O–H groups in total. The molecule has 5 heteroatoms. The third kappa shape index (κ3) is 4.41. The Kier molecular flexibility index (Phi) is 5.74. The van der Waals surface area contributed by atoms with Gasteiger partial charge in [0.05, 0.1) is 6.04 Å². The molecule has 2 heterocycles. The van der Waals surface area contributed by atoms with Crippen molar-refractivity contribution in [1.29, 1.82) is 0 Å². The maximum Gasteiger partial charge on any atom is 0.223 e. The fourth-order valence-corrected chi connectivity index (χ4v) is 3.49. The van der Waals surface area contributed by atoms with Crippen LogP contribution in [0, 0.1) is 12.8 Å². The zero-order valence-electron chi connectivity index (χ0n) is 15.0. The van der Waals surface area contributed by atoms with E-state index in [0.717, 1.165) is 42.5 Å². The lowest BCUT2D eigenvalue weighted by Gasteiger charge is -2.20. The van der Waals surface area contributed by atoms with E-state index in [4.69, 9.17) is 0 Å². The lowest BCUT2D eigenvalue weighted by Crippen LogP contribution is -2.33. The summed E-state index contributed by atoms with van der Waals surface area (Å²) in [5.74, 6) is 1.01. The van der Waals surface area contributed by atoms with Crippen LogP contribution in [0.1, 0.15) is 62.7 Å². The third-order valence-electron chi connectivity index (χ3n) is 5.01. The molecule has 3 rings (SSSR count). The highest BCUT2D eigenvalue weighted by Crippen LogP contribution is 2.25. The fraction of sp³-hybridized carbons (Fsp3) is 0.500. The second-order valence-corrected chi connectivity index (χ2v) is 6.89. The monoisotopic (exact) mass is 338 g/mol. The Labute approximate surface area is 149 Å². The van der Waals surface area contributed by atoms with Gasteiger partial charge in [0.1, 0.15) is 0 Å². The number of carbonyl (C=O) groups excluding carboxylic acids is 1. The van der Waals surface area contributed by atoms with Crippen LogP contribution in [-0.4, -0.2) is 20.9 Å². The Morgan fingerprint density at radius 1 is 1.16 bits per heavy atom. The van der Waals surface area contributed by atoms with Crippen LogP contribution in [0.25, 0.3) is 11.4 Å². The van der Waals surface area contributed by atoms with Crippen molar-refractivity contribution in [3.63, 3.8) is 0 Å². The molecule has 1 aliphatic carbocycles. The summed E-state index contributed by atoms with van der Waals surface area (Å²) in [6.07, 6.45) is 12.1. The number of hydrogen-bond donors (Lipinski definition) is 1. The Balaban J connectivity index is 1.69. The first-order valence-corrected chi connectivity index (χ1v) is 9.19. The summed E-state index contributed by atoms with van der Waals surface area (Å²) in [4.78, 5) is 25.7. The lowest BCUT2D eigenvalue weighted by molar-refractivity contribution is -0.126. The van der Waals surface area contributed by atoms with Gasteiger partial charge >= 0.3 is 0 Å². The molecule has 2 aromatic rings. The van der Waals surface area contributed by atoms with Crippen molar-refractivity contribution in [2.75, 3.05) is 0 Å². The highest BCUT2D eigenvalue weighted by atomic mass is 16.1. The topological polar surface area (TPSA) is 67.8 Å². The summed E-state index contributed by atoms with van der Waals surface area (Å²) < 4.78 is 0. The minimum absolute atomic E-state index is 0.0813. The van der Waals surface area contributed by atoms with Crippen molar-refractivity contribution in [2.45, 2.75) is 58.4 Å². The zero-order chi connectivity index (χ0) is 17.6. The average molecular weight is 338 g/mol. The van der Waals surface area contributed by atoms with E-state index in [9.17, 15) is 4.79 Å². The molecular weight excluding hydrogens is 312 g/mol. The van der Waals surface area contributed by atoms with E-state index in [1.54, 1.807) is 12.4 Å². The predicted molar refractivity (Wildman–Crippen MR) is 97.7 cm³/mol. The Hall–Kier alpha value is -2.30. The molecule has 0 bridgehead atoms. The summed E-state index contributed by atoms with van der Waals surface area (Å²) in [5, 5.41) is 3.16. The largest absolute Gasteiger partial charge is 0.349 e. The van der Waals surface area contributed by atoms with Gasteiger partial charge in [-0.2, -0.15) is 0 Å². The van der Waals surface area contributed by atoms with Crippen LogP contribution in [0.4, 0.5) is 0 Å². The van der Waals surface area contributed by atoms with Crippen LogP contribution in [0.5, 0.6) is 0 Å². The molecule has 1 saturated carbocycles. The van der Waals surface area contributed by atoms with Gasteiger partial charge in [-0.3, -0.25) is 9.78 Å². The maximum atomic E-state index is 12.6. The lowest BCUT2D eigenvalue weighted by atomic mass is 9.98. The first-order chi connectivity index (χ1) is 12.1. The average Bonchev–Trinajstić information content (AvgIpc) is 2.91. The minimum atomic E-state index is -0.0813. The molecule has 0 aliphatic heterocycles. The van der Waals surface area contributed by atoms with Gasteiger partial charge in [-0.1, -0.05) is 25.7 Å². The summed E-state index contributed by atoms with van der Waals surface area (Å²) in [7, 11) is 0. The van der Waals surface area contributed by atoms with Gasteiger partial charge in [0, 0.05) is 41.3 Å². The molecule has 0 spiro atoms. The predicted octanol–water partition coefficient (Wildman–Crippen LogP) is 3.99. The highest BCUT2D eigenvalue weighted by Gasteiger charge is 2.22. The van der Waals surface area contributed by atoms with Crippen LogP contribution in [0.15, 0.2) is 30.7 Å². The number of aromatic nitrogens is 3. The molecule has 0 aromatic carbocycles. The number of pyridine rings is 1. The molecule has 0 saturated heterocycles. The number of aryl methyl sites for hydroxylation is 1. The second-order valence-electron chi connectivity index (χ2n) is 6.89. The highest BCUT2D eigenvalue weighted by molar-refractivity contribution is 5.79. The summed E-state index contributed by atoms with van der Waals surface area (Å²) >= 11 is 0. The van der Waals surface area contributed by atoms with Gasteiger partial charge < -0.3 is 5.32 Å². The van der Waals surface area contributed by atoms with Crippen LogP contribution < -0.4 is 5.32 Å². The summed E-state index contributed by atoms with van der Waals surface area (Å²) in [5.41, 5.74) is 2.81. The van der Waals surface area contributed by atoms with Gasteiger partial charge in [0.15, 0.2) is 5.82 Å². The van der Waals surface area contributed by atoms with E-state index >= 15 is 0 Å². The molecule has 25 heavy (non-hydrogen) atoms. The Morgan fingerprint density at radius 3 is 2.48 bits per heavy atom. The molecule has 1 aliphatic rings. The van der Waals surface area contributed by atoms with E-state index in [2.05, 4.69) is 20.3 Å². The van der Waals surface area contributed by atoms with E-state index < -0.39 is 0 Å². The van der Waals surface area contributed by atoms with Crippen LogP contribution in [0.3, 0.4) is 0 Å². The number of amides is 1. The second kappa shape index (κ2) is 8.19. The van der Waals surface area contributed by atoms with Crippen LogP contribution >= 0.6 is 0 Å². The van der Waals surface area contributed by atoms with Crippen LogP contribution in [-0.2, 0) is 4.79 Å². The summed E-state index contributed by atoms with van der Waals surface area (Å²) in [6.45, 7) is 3.97. The van der Waals surface area contributed by atoms with Crippen molar-refractivity contribution in [1.82, 2.24) is 20.3 Å². The van der Waals surface area contributed by atoms with Crippen LogP contribution in [0.2, 0.25) is 0 Å². The molecule has 2 aromatic heterocycles. The maximum absolute atomic E-state index is 12.6. The molecule has 1 fully saturated rings. The number of nitrogens with zero attached hydrogens (tertiary/aromatic N) is 3. The number of rotatable bonds is 4. The molecule has 0 radical (unpaired) electrons. The standard InChI is InChI=1S/C20H26N4O/c1-14-18(13-22-19(23-14)16-9-11-21-12-10-16)15(2)24-20(25)17-7-5-3-4-6-8-17/h9-13,15,17H,3-8H2,1-2H3,(H,24,25)/t15-/m1/s1. The van der Waals surface area contributed by atoms with Gasteiger partial charge in [0.25, 0.3) is 0 Å². The van der Waals surface area contributed by atoms with Gasteiger partial charge in [0.2, 0.25) is 5.91 Å². The molecule has 5 nitrogen and oxygen atoms in total. The molecule has 1 amide bonds. The Bertz CT molecular complexity index is 709. The van der Waals surface area contributed by atoms with E-state index in [1.165, 1.54) is 12.8 Å². The molecule has 132 valence electrons. The van der Waals surface area contributed by atoms with E-state index in [-0.39, 0.29) is 17.9 Å². The van der Waals surface area contributed by atoms with Crippen molar-refractivity contribution >= 4 is 5.91 Å². The normalized spacial score (nSPS) is 16.9. The van der Waals surface area contributed by atoms with E-state index in [0.29, 0.717) is 5.82 Å². The smallest absolute Gasteiger partial charge is 0.223 e. The first-order valence-electron chi connectivity index (χ1n) is 9.19. The quantitative estimate of drug-likeness (QED) is 0.856. The molecular formula is C20H26N4O. The molecule has 0 unspecified atom stereocenters. The van der Waals surface area contributed by atoms with Crippen molar-refractivity contribution in [2.24, 2.45) is 5.92 Å². The van der Waals surface area contributed by atoms with Gasteiger partial charge in [-0.05, 0) is 38.8 Å². The third-order valence-corrected chi connectivity index (χ3v) is 5.01. The minimum Gasteiger partial charge on any atom is -0.349 e. The SMILES string of the molecule is Cc1nc(-c2ccncc2)ncc1[C@@H](C)NC(=O)C1CCCCCC1. The van der Waals surface area contributed by atoms with Gasteiger partial charge in [-0.25, -0.2) is 9.97 Å². The van der Waals surface area contributed by atoms with Crippen molar-refractivity contribution in [3.8, 4) is 11.4 Å². The number of carbonyl (C=O) groups is 1. The number of nitrogens with one attached hydrogen (secondary N) is 1. The summed E-state index contributed by atoms with van der Waals surface area (Å²) in [6, 6.07) is 3.71. The Morgan fingerprint density at radius 2 is 1.84 bits per heavy atom. The zero-order valence-corrected chi connectivity index (χ0v) is 15.0. The van der Waals surface area contributed by atoms with E-state index in [1.807, 2.05) is 32.2 Å². The fourth-order valence-electron chi connectivity index (χ4n) is 3.49. The van der Waals surface area contributed by atoms with Crippen molar-refractivity contribution in [3.05, 3.63) is 42.0 Å².